The van der Waals surface area contributed by atoms with E-state index in [1.54, 1.807) is 0 Å². The van der Waals surface area contributed by atoms with Gasteiger partial charge in [-0.15, -0.1) is 12.3 Å². The average Bonchev–Trinajstić information content (AvgIpc) is 2.35. The van der Waals surface area contributed by atoms with Gasteiger partial charge in [-0.1, -0.05) is 6.07 Å². The summed E-state index contributed by atoms with van der Waals surface area (Å²) in [5.74, 6) is 3.39. The zero-order chi connectivity index (χ0) is 14.1. The Labute approximate surface area is 116 Å². The monoisotopic (exact) mass is 261 g/mol. The molecule has 1 aromatic carbocycles. The van der Waals surface area contributed by atoms with Gasteiger partial charge < -0.3 is 15.2 Å². The highest BCUT2D eigenvalue weighted by Gasteiger charge is 2.05. The van der Waals surface area contributed by atoms with Crippen LogP contribution in [0.2, 0.25) is 0 Å². The maximum absolute atomic E-state index is 9.78. The van der Waals surface area contributed by atoms with Gasteiger partial charge in [-0.3, -0.25) is 0 Å². The molecule has 0 spiro atoms. The van der Waals surface area contributed by atoms with E-state index >= 15 is 0 Å². The van der Waals surface area contributed by atoms with Gasteiger partial charge in [-0.25, -0.2) is 0 Å². The van der Waals surface area contributed by atoms with E-state index < -0.39 is 6.10 Å². The molecular formula is C16H23NO2. The molecule has 0 saturated carbocycles. The van der Waals surface area contributed by atoms with Gasteiger partial charge in [0.2, 0.25) is 0 Å². The first kappa shape index (κ1) is 15.6. The van der Waals surface area contributed by atoms with Crippen molar-refractivity contribution < 1.29 is 9.84 Å². The van der Waals surface area contributed by atoms with Gasteiger partial charge in [0, 0.05) is 13.0 Å². The average molecular weight is 261 g/mol. The van der Waals surface area contributed by atoms with Crippen molar-refractivity contribution in [1.29, 1.82) is 0 Å². The number of hydrogen-bond acceptors (Lipinski definition) is 3. The fourth-order valence-corrected chi connectivity index (χ4v) is 1.85. The van der Waals surface area contributed by atoms with Crippen LogP contribution >= 0.6 is 0 Å². The molecule has 104 valence electrons. The quantitative estimate of drug-likeness (QED) is 0.556. The van der Waals surface area contributed by atoms with Crippen molar-refractivity contribution in [1.82, 2.24) is 5.32 Å². The summed E-state index contributed by atoms with van der Waals surface area (Å²) in [6.45, 7) is 5.71. The highest BCUT2D eigenvalue weighted by atomic mass is 16.5. The molecule has 19 heavy (non-hydrogen) atoms. The molecule has 1 atom stereocenters. The van der Waals surface area contributed by atoms with Crippen LogP contribution in [0, 0.1) is 26.2 Å². The van der Waals surface area contributed by atoms with Gasteiger partial charge in [0.05, 0.1) is 0 Å². The van der Waals surface area contributed by atoms with Crippen LogP contribution in [0.25, 0.3) is 0 Å². The lowest BCUT2D eigenvalue weighted by Gasteiger charge is -2.14. The summed E-state index contributed by atoms with van der Waals surface area (Å²) in [6.07, 6.45) is 6.35. The summed E-state index contributed by atoms with van der Waals surface area (Å²) in [5, 5.41) is 12.9. The van der Waals surface area contributed by atoms with Crippen LogP contribution in [0.5, 0.6) is 5.75 Å². The van der Waals surface area contributed by atoms with Crippen LogP contribution in [-0.2, 0) is 0 Å². The first-order valence-corrected chi connectivity index (χ1v) is 6.65. The van der Waals surface area contributed by atoms with Crippen molar-refractivity contribution in [3.63, 3.8) is 0 Å². The summed E-state index contributed by atoms with van der Waals surface area (Å²) in [5.41, 5.74) is 2.33. The summed E-state index contributed by atoms with van der Waals surface area (Å²) in [6, 6.07) is 6.04. The van der Waals surface area contributed by atoms with Gasteiger partial charge in [0.15, 0.2) is 0 Å². The number of hydrogen-bond donors (Lipinski definition) is 2. The normalized spacial score (nSPS) is 11.9. The van der Waals surface area contributed by atoms with Gasteiger partial charge in [-0.2, -0.15) is 0 Å². The number of aryl methyl sites for hydroxylation is 2. The fourth-order valence-electron chi connectivity index (χ4n) is 1.85. The van der Waals surface area contributed by atoms with E-state index in [2.05, 4.69) is 17.3 Å². The van der Waals surface area contributed by atoms with Crippen LogP contribution in [-0.4, -0.2) is 30.9 Å². The molecule has 0 heterocycles. The Morgan fingerprint density at radius 3 is 2.63 bits per heavy atom. The number of ether oxygens (including phenoxy) is 1. The van der Waals surface area contributed by atoms with E-state index in [1.807, 2.05) is 26.0 Å². The van der Waals surface area contributed by atoms with Crippen LogP contribution < -0.4 is 10.1 Å². The van der Waals surface area contributed by atoms with Crippen molar-refractivity contribution in [2.45, 2.75) is 32.8 Å². The Morgan fingerprint density at radius 2 is 2.00 bits per heavy atom. The Hall–Kier alpha value is -1.50. The van der Waals surface area contributed by atoms with Gasteiger partial charge in [-0.05, 0) is 50.1 Å². The van der Waals surface area contributed by atoms with Crippen LogP contribution in [0.4, 0.5) is 0 Å². The van der Waals surface area contributed by atoms with Crippen molar-refractivity contribution in [2.24, 2.45) is 0 Å². The molecule has 0 fully saturated rings. The third kappa shape index (κ3) is 6.85. The lowest BCUT2D eigenvalue weighted by molar-refractivity contribution is 0.106. The zero-order valence-corrected chi connectivity index (χ0v) is 11.8. The Kier molecular flexibility index (Phi) is 7.02. The van der Waals surface area contributed by atoms with E-state index in [-0.39, 0.29) is 0 Å². The van der Waals surface area contributed by atoms with Crippen molar-refractivity contribution >= 4 is 0 Å². The summed E-state index contributed by atoms with van der Waals surface area (Å²) >= 11 is 0. The van der Waals surface area contributed by atoms with Gasteiger partial charge in [0.1, 0.15) is 18.5 Å². The molecule has 0 radical (unpaired) electrons. The summed E-state index contributed by atoms with van der Waals surface area (Å²) in [7, 11) is 0. The minimum Gasteiger partial charge on any atom is -0.491 e. The molecule has 1 rings (SSSR count). The standard InChI is InChI=1S/C16H23NO2/c1-4-5-6-7-17-11-15(18)12-19-16-9-13(2)8-14(3)10-16/h1,8-10,15,17-18H,5-7,11-12H2,2-3H3. The number of terminal acetylenes is 1. The summed E-state index contributed by atoms with van der Waals surface area (Å²) in [4.78, 5) is 0. The number of nitrogens with one attached hydrogen (secondary N) is 1. The predicted octanol–water partition coefficient (Wildman–Crippen LogP) is 2.05. The minimum absolute atomic E-state index is 0.297. The topological polar surface area (TPSA) is 41.5 Å². The van der Waals surface area contributed by atoms with Crippen LogP contribution in [0.3, 0.4) is 0 Å². The molecule has 1 unspecified atom stereocenters. The number of benzene rings is 1. The highest BCUT2D eigenvalue weighted by Crippen LogP contribution is 2.16. The second-order valence-corrected chi connectivity index (χ2v) is 4.80. The van der Waals surface area contributed by atoms with Gasteiger partial charge >= 0.3 is 0 Å². The second-order valence-electron chi connectivity index (χ2n) is 4.80. The zero-order valence-electron chi connectivity index (χ0n) is 11.8. The van der Waals surface area contributed by atoms with E-state index in [0.29, 0.717) is 13.2 Å². The van der Waals surface area contributed by atoms with Crippen molar-refractivity contribution in [3.05, 3.63) is 29.3 Å². The minimum atomic E-state index is -0.508. The van der Waals surface area contributed by atoms with Crippen LogP contribution in [0.1, 0.15) is 24.0 Å². The first-order valence-electron chi connectivity index (χ1n) is 6.65. The first-order chi connectivity index (χ1) is 9.11. The lowest BCUT2D eigenvalue weighted by atomic mass is 10.1. The Morgan fingerprint density at radius 1 is 1.32 bits per heavy atom. The molecule has 0 aliphatic rings. The molecule has 3 heteroatoms. The Balaban J connectivity index is 2.22. The third-order valence-corrected chi connectivity index (χ3v) is 2.69. The van der Waals surface area contributed by atoms with Crippen molar-refractivity contribution in [3.8, 4) is 18.1 Å². The fraction of sp³-hybridized carbons (Fsp3) is 0.500. The molecule has 0 amide bonds. The van der Waals surface area contributed by atoms with Crippen molar-refractivity contribution in [2.75, 3.05) is 19.7 Å². The molecule has 0 aliphatic heterocycles. The largest absolute Gasteiger partial charge is 0.491 e. The highest BCUT2D eigenvalue weighted by molar-refractivity contribution is 5.32. The van der Waals surface area contributed by atoms with Gasteiger partial charge in [0.25, 0.3) is 0 Å². The van der Waals surface area contributed by atoms with E-state index in [4.69, 9.17) is 11.2 Å². The SMILES string of the molecule is C#CCCCNCC(O)COc1cc(C)cc(C)c1. The summed E-state index contributed by atoms with van der Waals surface area (Å²) < 4.78 is 5.59. The number of aliphatic hydroxyl groups is 1. The molecule has 3 nitrogen and oxygen atoms in total. The molecule has 1 aromatic rings. The van der Waals surface area contributed by atoms with E-state index in [1.165, 1.54) is 0 Å². The molecule has 0 aromatic heterocycles. The number of rotatable bonds is 8. The smallest absolute Gasteiger partial charge is 0.119 e. The third-order valence-electron chi connectivity index (χ3n) is 2.69. The maximum atomic E-state index is 9.78. The number of aliphatic hydroxyl groups excluding tert-OH is 1. The lowest BCUT2D eigenvalue weighted by Crippen LogP contribution is -2.32. The molecule has 0 bridgehead atoms. The molecule has 2 N–H and O–H groups in total. The number of unbranched alkanes of at least 4 members (excludes halogenated alkanes) is 1. The second kappa shape index (κ2) is 8.58. The molecule has 0 aliphatic carbocycles. The van der Waals surface area contributed by atoms with Crippen LogP contribution in [0.15, 0.2) is 18.2 Å². The molecule has 0 saturated heterocycles. The van der Waals surface area contributed by atoms with E-state index in [9.17, 15) is 5.11 Å². The van der Waals surface area contributed by atoms with E-state index in [0.717, 1.165) is 36.3 Å². The molecular weight excluding hydrogens is 238 g/mol. The predicted molar refractivity (Wildman–Crippen MR) is 78.4 cm³/mol. The maximum Gasteiger partial charge on any atom is 0.119 e. The Bertz CT molecular complexity index is 403.